The molecule has 2 aliphatic rings. The summed E-state index contributed by atoms with van der Waals surface area (Å²) in [4.78, 5) is 15.9. The zero-order chi connectivity index (χ0) is 17.7. The molecule has 0 saturated heterocycles. The number of fused-ring (bicyclic) bond motifs is 4. The molecule has 5 nitrogen and oxygen atoms in total. The lowest BCUT2D eigenvalue weighted by molar-refractivity contribution is 0.243. The van der Waals surface area contributed by atoms with Crippen molar-refractivity contribution in [2.24, 2.45) is 4.99 Å². The standard InChI is InChI=1S/C20H20N4OS/c1-11(2)25-16-8-14-12(9-21-14)7-15(16)24-19-18-13-5-3-4-6-17(13)26-20(18)23-10-22-19/h7-11H,3-6H2,1-2H3,(H,22,23,24). The van der Waals surface area contributed by atoms with Gasteiger partial charge < -0.3 is 10.1 Å². The van der Waals surface area contributed by atoms with Gasteiger partial charge in [0.2, 0.25) is 0 Å². The number of anilines is 2. The van der Waals surface area contributed by atoms with Gasteiger partial charge in [0.1, 0.15) is 22.7 Å². The molecule has 1 aliphatic heterocycles. The van der Waals surface area contributed by atoms with Crippen LogP contribution in [0.15, 0.2) is 23.5 Å². The summed E-state index contributed by atoms with van der Waals surface area (Å²) in [7, 11) is 0. The Bertz CT molecular complexity index is 1130. The molecule has 0 spiro atoms. The maximum Gasteiger partial charge on any atom is 0.145 e. The third kappa shape index (κ3) is 2.56. The van der Waals surface area contributed by atoms with E-state index in [0.29, 0.717) is 0 Å². The molecule has 26 heavy (non-hydrogen) atoms. The van der Waals surface area contributed by atoms with E-state index >= 15 is 0 Å². The first-order valence-electron chi connectivity index (χ1n) is 9.10. The van der Waals surface area contributed by atoms with Crippen molar-refractivity contribution in [1.82, 2.24) is 9.97 Å². The third-order valence-electron chi connectivity index (χ3n) is 4.84. The lowest BCUT2D eigenvalue weighted by Gasteiger charge is -2.17. The summed E-state index contributed by atoms with van der Waals surface area (Å²) in [6.07, 6.45) is 8.41. The Labute approximate surface area is 155 Å². The normalized spacial score (nSPS) is 14.9. The van der Waals surface area contributed by atoms with Crippen LogP contribution in [0.4, 0.5) is 11.5 Å². The number of aryl methyl sites for hydroxylation is 2. The van der Waals surface area contributed by atoms with Crippen LogP contribution in [0.2, 0.25) is 0 Å². The highest BCUT2D eigenvalue weighted by atomic mass is 32.1. The second-order valence-corrected chi connectivity index (χ2v) is 8.15. The minimum atomic E-state index is 0.0944. The number of thiophene rings is 1. The number of rotatable bonds is 4. The zero-order valence-corrected chi connectivity index (χ0v) is 15.7. The van der Waals surface area contributed by atoms with Crippen LogP contribution < -0.4 is 20.6 Å². The molecule has 6 heteroatoms. The van der Waals surface area contributed by atoms with Crippen LogP contribution in [0.3, 0.4) is 0 Å². The van der Waals surface area contributed by atoms with Crippen molar-refractivity contribution in [2.75, 3.05) is 5.32 Å². The van der Waals surface area contributed by atoms with Gasteiger partial charge in [0, 0.05) is 22.4 Å². The third-order valence-corrected chi connectivity index (χ3v) is 6.04. The lowest BCUT2D eigenvalue weighted by atomic mass is 9.97. The molecule has 5 rings (SSSR count). The molecule has 1 N–H and O–H groups in total. The molecule has 0 fully saturated rings. The van der Waals surface area contributed by atoms with Crippen molar-refractivity contribution in [2.45, 2.75) is 45.6 Å². The SMILES string of the molecule is CC(C)Oc1cc2c(cc1Nc1ncnc3sc4c(c13)CCCC4)=CN=2. The van der Waals surface area contributed by atoms with E-state index < -0.39 is 0 Å². The van der Waals surface area contributed by atoms with Crippen LogP contribution in [0.1, 0.15) is 37.1 Å². The smallest absolute Gasteiger partial charge is 0.145 e. The minimum Gasteiger partial charge on any atom is -0.489 e. The molecule has 2 aromatic heterocycles. The molecule has 3 heterocycles. The van der Waals surface area contributed by atoms with Gasteiger partial charge in [0.15, 0.2) is 0 Å². The largest absolute Gasteiger partial charge is 0.489 e. The number of benzene rings is 1. The van der Waals surface area contributed by atoms with Gasteiger partial charge in [-0.1, -0.05) is 0 Å². The predicted molar refractivity (Wildman–Crippen MR) is 105 cm³/mol. The van der Waals surface area contributed by atoms with Crippen molar-refractivity contribution in [3.05, 3.63) is 39.5 Å². The van der Waals surface area contributed by atoms with Crippen LogP contribution >= 0.6 is 11.3 Å². The highest BCUT2D eigenvalue weighted by Gasteiger charge is 2.21. The highest BCUT2D eigenvalue weighted by molar-refractivity contribution is 7.19. The first-order chi connectivity index (χ1) is 12.7. The first-order valence-corrected chi connectivity index (χ1v) is 9.92. The van der Waals surface area contributed by atoms with Crippen molar-refractivity contribution >= 4 is 39.3 Å². The number of nitrogens with one attached hydrogen (secondary N) is 1. The van der Waals surface area contributed by atoms with E-state index in [1.54, 1.807) is 6.33 Å². The fourth-order valence-electron chi connectivity index (χ4n) is 3.64. The number of aromatic nitrogens is 2. The van der Waals surface area contributed by atoms with E-state index in [9.17, 15) is 0 Å². The number of hydrogen-bond donors (Lipinski definition) is 1. The van der Waals surface area contributed by atoms with Gasteiger partial charge in [-0.05, 0) is 51.2 Å². The molecule has 0 unspecified atom stereocenters. The monoisotopic (exact) mass is 364 g/mol. The summed E-state index contributed by atoms with van der Waals surface area (Å²) >= 11 is 1.81. The topological polar surface area (TPSA) is 59.4 Å². The summed E-state index contributed by atoms with van der Waals surface area (Å²) in [5.74, 6) is 1.69. The van der Waals surface area contributed by atoms with Crippen LogP contribution in [0, 0.1) is 0 Å². The zero-order valence-electron chi connectivity index (χ0n) is 14.9. The van der Waals surface area contributed by atoms with Crippen molar-refractivity contribution < 1.29 is 4.74 Å². The Kier molecular flexibility index (Phi) is 3.67. The number of hydrogen-bond acceptors (Lipinski definition) is 6. The van der Waals surface area contributed by atoms with Crippen molar-refractivity contribution in [1.29, 1.82) is 0 Å². The Morgan fingerprint density at radius 3 is 2.85 bits per heavy atom. The average molecular weight is 364 g/mol. The molecule has 3 aromatic rings. The summed E-state index contributed by atoms with van der Waals surface area (Å²) < 4.78 is 6.02. The summed E-state index contributed by atoms with van der Waals surface area (Å²) in [6.45, 7) is 4.06. The maximum absolute atomic E-state index is 6.02. The van der Waals surface area contributed by atoms with Gasteiger partial charge >= 0.3 is 0 Å². The van der Waals surface area contributed by atoms with Crippen LogP contribution in [-0.4, -0.2) is 16.1 Å². The molecule has 1 aliphatic carbocycles. The summed E-state index contributed by atoms with van der Waals surface area (Å²) in [6, 6.07) is 4.09. The van der Waals surface area contributed by atoms with Gasteiger partial charge in [-0.15, -0.1) is 11.3 Å². The summed E-state index contributed by atoms with van der Waals surface area (Å²) in [5, 5.41) is 6.81. The Morgan fingerprint density at radius 1 is 1.15 bits per heavy atom. The molecular formula is C20H20N4OS. The molecule has 132 valence electrons. The fourth-order valence-corrected chi connectivity index (χ4v) is 4.86. The van der Waals surface area contributed by atoms with Gasteiger partial charge in [-0.25, -0.2) is 9.97 Å². The lowest BCUT2D eigenvalue weighted by Crippen LogP contribution is -2.31. The van der Waals surface area contributed by atoms with E-state index in [1.165, 1.54) is 28.7 Å². The quantitative estimate of drug-likeness (QED) is 0.770. The Hall–Kier alpha value is -2.47. The van der Waals surface area contributed by atoms with E-state index in [1.807, 2.05) is 37.5 Å². The predicted octanol–water partition coefficient (Wildman–Crippen LogP) is 3.47. The number of ether oxygens (including phenoxy) is 1. The van der Waals surface area contributed by atoms with Gasteiger partial charge in [-0.3, -0.25) is 4.99 Å². The molecule has 1 aromatic carbocycles. The first kappa shape index (κ1) is 15.8. The molecule has 0 saturated carbocycles. The van der Waals surface area contributed by atoms with E-state index in [0.717, 1.165) is 45.5 Å². The second-order valence-electron chi connectivity index (χ2n) is 7.07. The molecule has 0 radical (unpaired) electrons. The molecule has 0 amide bonds. The minimum absolute atomic E-state index is 0.0944. The van der Waals surface area contributed by atoms with Crippen molar-refractivity contribution in [3.8, 4) is 5.75 Å². The Morgan fingerprint density at radius 2 is 2.04 bits per heavy atom. The molecule has 0 atom stereocenters. The van der Waals surface area contributed by atoms with Crippen LogP contribution in [-0.2, 0) is 12.8 Å². The van der Waals surface area contributed by atoms with E-state index in [-0.39, 0.29) is 6.10 Å². The van der Waals surface area contributed by atoms with Crippen LogP contribution in [0.5, 0.6) is 5.75 Å². The van der Waals surface area contributed by atoms with E-state index in [2.05, 4.69) is 26.3 Å². The van der Waals surface area contributed by atoms with Crippen molar-refractivity contribution in [3.63, 3.8) is 0 Å². The highest BCUT2D eigenvalue weighted by Crippen LogP contribution is 2.39. The van der Waals surface area contributed by atoms with E-state index in [4.69, 9.17) is 4.74 Å². The average Bonchev–Trinajstić information content (AvgIpc) is 2.99. The Balaban J connectivity index is 1.62. The summed E-state index contributed by atoms with van der Waals surface area (Å²) in [5.41, 5.74) is 2.36. The van der Waals surface area contributed by atoms with Gasteiger partial charge in [0.25, 0.3) is 0 Å². The molecular weight excluding hydrogens is 344 g/mol. The molecule has 0 bridgehead atoms. The van der Waals surface area contributed by atoms with Crippen LogP contribution in [0.25, 0.3) is 16.4 Å². The maximum atomic E-state index is 6.02. The van der Waals surface area contributed by atoms with Gasteiger partial charge in [-0.2, -0.15) is 0 Å². The fraction of sp³-hybridized carbons (Fsp3) is 0.350. The number of nitrogens with zero attached hydrogens (tertiary/aromatic N) is 3. The van der Waals surface area contributed by atoms with Gasteiger partial charge in [0.05, 0.1) is 22.5 Å². The second kappa shape index (κ2) is 6.06.